The molecule has 1 N–H and O–H groups in total. The SMILES string of the molecule is CCC(CC)c1nnc(NC(=O)C2Cc3ccccc3S2)s1. The van der Waals surface area contributed by atoms with E-state index in [0.29, 0.717) is 11.0 Å². The quantitative estimate of drug-likeness (QED) is 0.895. The summed E-state index contributed by atoms with van der Waals surface area (Å²) in [6.45, 7) is 4.31. The first-order valence-electron chi connectivity index (χ1n) is 7.60. The third-order valence-corrected chi connectivity index (χ3v) is 6.26. The molecule has 0 aliphatic carbocycles. The van der Waals surface area contributed by atoms with Gasteiger partial charge in [-0.2, -0.15) is 0 Å². The van der Waals surface area contributed by atoms with Gasteiger partial charge < -0.3 is 0 Å². The van der Waals surface area contributed by atoms with Crippen LogP contribution in [0.4, 0.5) is 5.13 Å². The molecule has 0 saturated heterocycles. The molecule has 1 aliphatic rings. The summed E-state index contributed by atoms with van der Waals surface area (Å²) in [6, 6.07) is 8.19. The number of nitrogens with one attached hydrogen (secondary N) is 1. The molecule has 1 atom stereocenters. The summed E-state index contributed by atoms with van der Waals surface area (Å²) in [7, 11) is 0. The van der Waals surface area contributed by atoms with Gasteiger partial charge in [0.25, 0.3) is 0 Å². The Labute approximate surface area is 138 Å². The second-order valence-corrected chi connectivity index (χ2v) is 7.62. The van der Waals surface area contributed by atoms with E-state index >= 15 is 0 Å². The van der Waals surface area contributed by atoms with Crippen molar-refractivity contribution in [2.45, 2.75) is 49.2 Å². The summed E-state index contributed by atoms with van der Waals surface area (Å²) in [5, 5.41) is 12.8. The van der Waals surface area contributed by atoms with E-state index in [0.717, 1.165) is 24.3 Å². The van der Waals surface area contributed by atoms with Crippen molar-refractivity contribution in [3.63, 3.8) is 0 Å². The van der Waals surface area contributed by atoms with Crippen LogP contribution >= 0.6 is 23.1 Å². The van der Waals surface area contributed by atoms with E-state index in [1.54, 1.807) is 11.8 Å². The van der Waals surface area contributed by atoms with Crippen molar-refractivity contribution in [1.29, 1.82) is 0 Å². The van der Waals surface area contributed by atoms with Gasteiger partial charge in [-0.1, -0.05) is 43.4 Å². The molecule has 0 spiro atoms. The Hall–Kier alpha value is -1.40. The number of benzene rings is 1. The number of anilines is 1. The van der Waals surface area contributed by atoms with E-state index in [9.17, 15) is 4.79 Å². The summed E-state index contributed by atoms with van der Waals surface area (Å²) in [5.74, 6) is 0.460. The van der Waals surface area contributed by atoms with Crippen LogP contribution in [0, 0.1) is 0 Å². The fraction of sp³-hybridized carbons (Fsp3) is 0.438. The Morgan fingerprint density at radius 1 is 1.32 bits per heavy atom. The van der Waals surface area contributed by atoms with Gasteiger partial charge in [0.1, 0.15) is 5.01 Å². The van der Waals surface area contributed by atoms with Gasteiger partial charge in [-0.05, 0) is 30.9 Å². The lowest BCUT2D eigenvalue weighted by atomic mass is 10.1. The largest absolute Gasteiger partial charge is 0.300 e. The molecule has 116 valence electrons. The van der Waals surface area contributed by atoms with Crippen LogP contribution in [-0.4, -0.2) is 21.4 Å². The summed E-state index contributed by atoms with van der Waals surface area (Å²) >= 11 is 3.13. The Kier molecular flexibility index (Phi) is 4.78. The second kappa shape index (κ2) is 6.79. The number of amides is 1. The number of carbonyl (C=O) groups excluding carboxylic acids is 1. The van der Waals surface area contributed by atoms with Crippen molar-refractivity contribution in [1.82, 2.24) is 10.2 Å². The third-order valence-electron chi connectivity index (χ3n) is 3.95. The first kappa shape index (κ1) is 15.5. The maximum atomic E-state index is 12.4. The van der Waals surface area contributed by atoms with Gasteiger partial charge in [-0.3, -0.25) is 10.1 Å². The van der Waals surface area contributed by atoms with E-state index in [4.69, 9.17) is 0 Å². The zero-order chi connectivity index (χ0) is 15.5. The summed E-state index contributed by atoms with van der Waals surface area (Å²) in [6.07, 6.45) is 2.88. The van der Waals surface area contributed by atoms with Crippen LogP contribution in [0.25, 0.3) is 0 Å². The van der Waals surface area contributed by atoms with E-state index in [1.165, 1.54) is 21.8 Å². The Morgan fingerprint density at radius 2 is 2.09 bits per heavy atom. The normalized spacial score (nSPS) is 16.8. The number of carbonyl (C=O) groups is 1. The van der Waals surface area contributed by atoms with E-state index < -0.39 is 0 Å². The van der Waals surface area contributed by atoms with Gasteiger partial charge in [-0.15, -0.1) is 22.0 Å². The molecule has 1 aliphatic heterocycles. The minimum absolute atomic E-state index is 0.0217. The van der Waals surface area contributed by atoms with Gasteiger partial charge in [-0.25, -0.2) is 0 Å². The number of aromatic nitrogens is 2. The van der Waals surface area contributed by atoms with Crippen LogP contribution in [0.15, 0.2) is 29.2 Å². The number of rotatable bonds is 5. The molecule has 3 rings (SSSR count). The van der Waals surface area contributed by atoms with Crippen LogP contribution in [0.3, 0.4) is 0 Å². The van der Waals surface area contributed by atoms with Gasteiger partial charge in [0.15, 0.2) is 0 Å². The molecule has 1 amide bonds. The Morgan fingerprint density at radius 3 is 2.82 bits per heavy atom. The molecule has 22 heavy (non-hydrogen) atoms. The number of thioether (sulfide) groups is 1. The summed E-state index contributed by atoms with van der Waals surface area (Å²) in [5.41, 5.74) is 1.25. The molecule has 0 fully saturated rings. The zero-order valence-electron chi connectivity index (χ0n) is 12.7. The van der Waals surface area contributed by atoms with Crippen molar-refractivity contribution >= 4 is 34.1 Å². The average molecular weight is 333 g/mol. The van der Waals surface area contributed by atoms with Crippen molar-refractivity contribution in [2.75, 3.05) is 5.32 Å². The molecule has 4 nitrogen and oxygen atoms in total. The fourth-order valence-electron chi connectivity index (χ4n) is 2.60. The minimum atomic E-state index is -0.0714. The highest BCUT2D eigenvalue weighted by Crippen LogP contribution is 2.37. The molecular formula is C16H19N3OS2. The standard InChI is InChI=1S/C16H19N3OS2/c1-3-10(4-2)15-18-19-16(22-15)17-14(20)13-9-11-7-5-6-8-12(11)21-13/h5-8,10,13H,3-4,9H2,1-2H3,(H,17,19,20). The molecule has 0 saturated carbocycles. The van der Waals surface area contributed by atoms with E-state index in [2.05, 4.69) is 41.5 Å². The first-order valence-corrected chi connectivity index (χ1v) is 9.29. The molecule has 1 unspecified atom stereocenters. The Balaban J connectivity index is 1.64. The van der Waals surface area contributed by atoms with Crippen molar-refractivity contribution in [2.24, 2.45) is 0 Å². The predicted octanol–water partition coefficient (Wildman–Crippen LogP) is 4.10. The first-order chi connectivity index (χ1) is 10.7. The number of hydrogen-bond acceptors (Lipinski definition) is 5. The van der Waals surface area contributed by atoms with Crippen LogP contribution in [0.5, 0.6) is 0 Å². The minimum Gasteiger partial charge on any atom is -0.300 e. The van der Waals surface area contributed by atoms with Crippen molar-refractivity contribution < 1.29 is 4.79 Å². The maximum Gasteiger partial charge on any atom is 0.240 e. The highest BCUT2D eigenvalue weighted by Gasteiger charge is 2.28. The molecule has 0 radical (unpaired) electrons. The maximum absolute atomic E-state index is 12.4. The smallest absolute Gasteiger partial charge is 0.240 e. The molecular weight excluding hydrogens is 314 g/mol. The molecule has 2 heterocycles. The lowest BCUT2D eigenvalue weighted by molar-refractivity contribution is -0.115. The number of nitrogens with zero attached hydrogens (tertiary/aromatic N) is 2. The molecule has 1 aromatic carbocycles. The lowest BCUT2D eigenvalue weighted by Crippen LogP contribution is -2.24. The molecule has 2 aromatic rings. The molecule has 6 heteroatoms. The predicted molar refractivity (Wildman–Crippen MR) is 91.7 cm³/mol. The molecule has 1 aromatic heterocycles. The van der Waals surface area contributed by atoms with Crippen molar-refractivity contribution in [3.05, 3.63) is 34.8 Å². The van der Waals surface area contributed by atoms with Crippen LogP contribution in [-0.2, 0) is 11.2 Å². The fourth-order valence-corrected chi connectivity index (χ4v) is 4.81. The van der Waals surface area contributed by atoms with E-state index in [1.807, 2.05) is 12.1 Å². The van der Waals surface area contributed by atoms with Crippen molar-refractivity contribution in [3.8, 4) is 0 Å². The van der Waals surface area contributed by atoms with Gasteiger partial charge in [0.05, 0.1) is 5.25 Å². The zero-order valence-corrected chi connectivity index (χ0v) is 14.3. The van der Waals surface area contributed by atoms with Crippen LogP contribution < -0.4 is 5.32 Å². The summed E-state index contributed by atoms with van der Waals surface area (Å²) in [4.78, 5) is 13.6. The molecule has 0 bridgehead atoms. The van der Waals surface area contributed by atoms with E-state index in [-0.39, 0.29) is 11.2 Å². The monoisotopic (exact) mass is 333 g/mol. The highest BCUT2D eigenvalue weighted by molar-refractivity contribution is 8.01. The second-order valence-electron chi connectivity index (χ2n) is 5.37. The van der Waals surface area contributed by atoms with Crippen LogP contribution in [0.2, 0.25) is 0 Å². The van der Waals surface area contributed by atoms with Crippen LogP contribution in [0.1, 0.15) is 43.2 Å². The van der Waals surface area contributed by atoms with Gasteiger partial charge in [0, 0.05) is 10.8 Å². The third kappa shape index (κ3) is 3.17. The lowest BCUT2D eigenvalue weighted by Gasteiger charge is -2.07. The number of fused-ring (bicyclic) bond motifs is 1. The topological polar surface area (TPSA) is 54.9 Å². The Bertz CT molecular complexity index is 642. The van der Waals surface area contributed by atoms with Gasteiger partial charge in [0.2, 0.25) is 11.0 Å². The van der Waals surface area contributed by atoms with Gasteiger partial charge >= 0.3 is 0 Å². The summed E-state index contributed by atoms with van der Waals surface area (Å²) < 4.78 is 0. The highest BCUT2D eigenvalue weighted by atomic mass is 32.2. The average Bonchev–Trinajstić information content (AvgIpc) is 3.15. The number of hydrogen-bond donors (Lipinski definition) is 1.